The molecule has 1 rings (SSSR count). The lowest BCUT2D eigenvalue weighted by Gasteiger charge is -2.05. The van der Waals surface area contributed by atoms with Crippen molar-refractivity contribution in [1.82, 2.24) is 0 Å². The molecule has 0 saturated carbocycles. The monoisotopic (exact) mass is 190 g/mol. The summed E-state index contributed by atoms with van der Waals surface area (Å²) in [5.74, 6) is -1.56. The van der Waals surface area contributed by atoms with Crippen molar-refractivity contribution in [3.05, 3.63) is 23.0 Å². The van der Waals surface area contributed by atoms with E-state index in [4.69, 9.17) is 26.8 Å². The van der Waals surface area contributed by atoms with Crippen LogP contribution < -0.4 is 5.46 Å². The average Bonchev–Trinajstić information content (AvgIpc) is 1.97. The molecule has 0 heterocycles. The molecule has 0 aliphatic heterocycles. The number of aromatic hydroxyl groups is 1. The maximum atomic E-state index is 12.7. The van der Waals surface area contributed by atoms with Gasteiger partial charge in [0.2, 0.25) is 0 Å². The number of phenolic OH excluding ortho intramolecular Hbond substituents is 1. The highest BCUT2D eigenvalue weighted by atomic mass is 35.5. The van der Waals surface area contributed by atoms with E-state index in [0.29, 0.717) is 0 Å². The predicted octanol–water partition coefficient (Wildman–Crippen LogP) is -0.135. The van der Waals surface area contributed by atoms with E-state index in [1.165, 1.54) is 0 Å². The third-order valence-electron chi connectivity index (χ3n) is 1.37. The summed E-state index contributed by atoms with van der Waals surface area (Å²) in [5, 5.41) is 26.1. The molecule has 6 heteroatoms. The Morgan fingerprint density at radius 3 is 2.33 bits per heavy atom. The number of hydrogen-bond acceptors (Lipinski definition) is 3. The van der Waals surface area contributed by atoms with Crippen LogP contribution in [-0.2, 0) is 0 Å². The van der Waals surface area contributed by atoms with Gasteiger partial charge in [-0.15, -0.1) is 0 Å². The maximum Gasteiger partial charge on any atom is 0.495 e. The smallest absolute Gasteiger partial charge is 0.495 e. The Kier molecular flexibility index (Phi) is 2.57. The number of rotatable bonds is 1. The Morgan fingerprint density at radius 2 is 1.92 bits per heavy atom. The molecule has 0 atom stereocenters. The molecule has 64 valence electrons. The topological polar surface area (TPSA) is 60.7 Å². The Labute approximate surface area is 73.2 Å². The molecular weight excluding hydrogens is 185 g/mol. The van der Waals surface area contributed by atoms with Gasteiger partial charge in [0.15, 0.2) is 0 Å². The molecule has 12 heavy (non-hydrogen) atoms. The summed E-state index contributed by atoms with van der Waals surface area (Å²) in [6.07, 6.45) is 0. The molecule has 0 fully saturated rings. The summed E-state index contributed by atoms with van der Waals surface area (Å²) < 4.78 is 12.7. The minimum absolute atomic E-state index is 0.125. The van der Waals surface area contributed by atoms with Crippen molar-refractivity contribution in [3.63, 3.8) is 0 Å². The van der Waals surface area contributed by atoms with Crippen molar-refractivity contribution in [2.24, 2.45) is 0 Å². The van der Waals surface area contributed by atoms with E-state index in [1.807, 2.05) is 0 Å². The van der Waals surface area contributed by atoms with Crippen LogP contribution in [0.25, 0.3) is 0 Å². The third kappa shape index (κ3) is 1.53. The van der Waals surface area contributed by atoms with Crippen LogP contribution in [0, 0.1) is 5.82 Å². The summed E-state index contributed by atoms with van der Waals surface area (Å²) in [7, 11) is -2.07. The number of hydrogen-bond donors (Lipinski definition) is 3. The van der Waals surface area contributed by atoms with Crippen LogP contribution >= 0.6 is 11.6 Å². The lowest BCUT2D eigenvalue weighted by molar-refractivity contribution is 0.415. The van der Waals surface area contributed by atoms with Gasteiger partial charge in [0.1, 0.15) is 11.6 Å². The summed E-state index contributed by atoms with van der Waals surface area (Å²) in [6.45, 7) is 0. The Balaban J connectivity index is 3.33. The second-order valence-electron chi connectivity index (χ2n) is 2.17. The number of halogens is 2. The number of phenols is 1. The second kappa shape index (κ2) is 3.31. The maximum absolute atomic E-state index is 12.7. The molecule has 0 saturated heterocycles. The normalized spacial score (nSPS) is 10.0. The first-order valence-corrected chi connectivity index (χ1v) is 3.45. The van der Waals surface area contributed by atoms with Crippen molar-refractivity contribution < 1.29 is 19.5 Å². The number of benzene rings is 1. The lowest BCUT2D eigenvalue weighted by atomic mass is 9.79. The Hall–Kier alpha value is -0.775. The standard InChI is InChI=1S/C6H5BClFO3/c8-3-1-2-4(9)5(6(3)10)7(11)12/h1-2,10-12H. The van der Waals surface area contributed by atoms with Crippen LogP contribution in [0.15, 0.2) is 12.1 Å². The van der Waals surface area contributed by atoms with Crippen molar-refractivity contribution in [2.45, 2.75) is 0 Å². The Bertz CT molecular complexity index is 305. The fourth-order valence-electron chi connectivity index (χ4n) is 0.802. The van der Waals surface area contributed by atoms with Crippen LogP contribution in [0.3, 0.4) is 0 Å². The first-order valence-electron chi connectivity index (χ1n) is 3.07. The van der Waals surface area contributed by atoms with Crippen molar-refractivity contribution >= 4 is 24.2 Å². The van der Waals surface area contributed by atoms with Gasteiger partial charge in [-0.3, -0.25) is 0 Å². The molecule has 3 N–H and O–H groups in total. The zero-order valence-corrected chi connectivity index (χ0v) is 6.59. The first-order chi connectivity index (χ1) is 5.54. The quantitative estimate of drug-likeness (QED) is 0.540. The molecular formula is C6H5BClFO3. The zero-order chi connectivity index (χ0) is 9.30. The van der Waals surface area contributed by atoms with Gasteiger partial charge in [-0.2, -0.15) is 0 Å². The summed E-state index contributed by atoms with van der Waals surface area (Å²) in [5.41, 5.74) is -0.609. The van der Waals surface area contributed by atoms with Crippen molar-refractivity contribution in [3.8, 4) is 5.75 Å². The highest BCUT2D eigenvalue weighted by molar-refractivity contribution is 6.60. The molecule has 1 aromatic rings. The summed E-state index contributed by atoms with van der Waals surface area (Å²) in [6, 6.07) is 2.06. The van der Waals surface area contributed by atoms with Gasteiger partial charge < -0.3 is 15.2 Å². The van der Waals surface area contributed by atoms with Crippen LogP contribution in [0.4, 0.5) is 4.39 Å². The summed E-state index contributed by atoms with van der Waals surface area (Å²) >= 11 is 5.39. The molecule has 1 aromatic carbocycles. The van der Waals surface area contributed by atoms with Gasteiger partial charge >= 0.3 is 7.12 Å². The van der Waals surface area contributed by atoms with Gasteiger partial charge in [0.25, 0.3) is 0 Å². The Morgan fingerprint density at radius 1 is 1.33 bits per heavy atom. The first kappa shape index (κ1) is 9.31. The average molecular weight is 190 g/mol. The van der Waals surface area contributed by atoms with E-state index in [1.54, 1.807) is 0 Å². The van der Waals surface area contributed by atoms with Crippen LogP contribution in [0.5, 0.6) is 5.75 Å². The fourth-order valence-corrected chi connectivity index (χ4v) is 0.967. The zero-order valence-electron chi connectivity index (χ0n) is 5.83. The molecule has 0 aliphatic rings. The van der Waals surface area contributed by atoms with E-state index in [0.717, 1.165) is 12.1 Å². The van der Waals surface area contributed by atoms with Crippen molar-refractivity contribution in [2.75, 3.05) is 0 Å². The lowest BCUT2D eigenvalue weighted by Crippen LogP contribution is -2.33. The third-order valence-corrected chi connectivity index (χ3v) is 1.68. The minimum Gasteiger partial charge on any atom is -0.507 e. The van der Waals surface area contributed by atoms with E-state index >= 15 is 0 Å². The highest BCUT2D eigenvalue weighted by Gasteiger charge is 2.22. The van der Waals surface area contributed by atoms with Crippen LogP contribution in [-0.4, -0.2) is 22.3 Å². The molecule has 0 bridgehead atoms. The van der Waals surface area contributed by atoms with E-state index in [9.17, 15) is 4.39 Å². The SMILES string of the molecule is OB(O)c1c(F)ccc(Cl)c1O. The van der Waals surface area contributed by atoms with Gasteiger partial charge in [-0.1, -0.05) is 11.6 Å². The summed E-state index contributed by atoms with van der Waals surface area (Å²) in [4.78, 5) is 0. The van der Waals surface area contributed by atoms with E-state index in [-0.39, 0.29) is 5.02 Å². The second-order valence-corrected chi connectivity index (χ2v) is 2.57. The minimum atomic E-state index is -2.07. The van der Waals surface area contributed by atoms with Gasteiger partial charge in [-0.05, 0) is 12.1 Å². The van der Waals surface area contributed by atoms with Gasteiger partial charge in [-0.25, -0.2) is 4.39 Å². The molecule has 0 amide bonds. The highest BCUT2D eigenvalue weighted by Crippen LogP contribution is 2.21. The van der Waals surface area contributed by atoms with Crippen LogP contribution in [0.1, 0.15) is 0 Å². The molecule has 0 unspecified atom stereocenters. The molecule has 0 spiro atoms. The predicted molar refractivity (Wildman–Crippen MR) is 42.9 cm³/mol. The fraction of sp³-hybridized carbons (Fsp3) is 0. The molecule has 0 aromatic heterocycles. The van der Waals surface area contributed by atoms with E-state index in [2.05, 4.69) is 0 Å². The van der Waals surface area contributed by atoms with Crippen LogP contribution in [0.2, 0.25) is 5.02 Å². The molecule has 0 aliphatic carbocycles. The van der Waals surface area contributed by atoms with Gasteiger partial charge in [0.05, 0.1) is 10.5 Å². The molecule has 0 radical (unpaired) electrons. The largest absolute Gasteiger partial charge is 0.507 e. The van der Waals surface area contributed by atoms with Gasteiger partial charge in [0, 0.05) is 0 Å². The van der Waals surface area contributed by atoms with E-state index < -0.39 is 24.1 Å². The molecule has 3 nitrogen and oxygen atoms in total. The van der Waals surface area contributed by atoms with Crippen molar-refractivity contribution in [1.29, 1.82) is 0 Å².